The predicted octanol–water partition coefficient (Wildman–Crippen LogP) is 4.35. The number of nitrogens with one attached hydrogen (secondary N) is 1. The van der Waals surface area contributed by atoms with E-state index in [2.05, 4.69) is 10.2 Å². The third-order valence-electron chi connectivity index (χ3n) is 11.9. The van der Waals surface area contributed by atoms with Crippen molar-refractivity contribution < 1.29 is 43.3 Å². The Morgan fingerprint density at radius 1 is 0.845 bits per heavy atom. The highest BCUT2D eigenvalue weighted by atomic mass is 16.6. The maximum Gasteiger partial charge on any atom is 0.410 e. The normalized spacial score (nSPS) is 19.0. The number of amides is 5. The molecule has 0 spiro atoms. The summed E-state index contributed by atoms with van der Waals surface area (Å²) in [6.45, 7) is 7.24. The van der Waals surface area contributed by atoms with E-state index >= 15 is 0 Å². The van der Waals surface area contributed by atoms with Crippen molar-refractivity contribution in [3.05, 3.63) is 58.7 Å². The van der Waals surface area contributed by atoms with Crippen molar-refractivity contribution in [1.29, 1.82) is 0 Å². The number of benzene rings is 2. The summed E-state index contributed by atoms with van der Waals surface area (Å²) in [6.07, 6.45) is 3.61. The molecule has 4 aliphatic heterocycles. The highest BCUT2D eigenvalue weighted by molar-refractivity contribution is 5.91. The molecule has 0 unspecified atom stereocenters. The quantitative estimate of drug-likeness (QED) is 0.313. The van der Waals surface area contributed by atoms with Crippen LogP contribution in [0.25, 0.3) is 0 Å². The van der Waals surface area contributed by atoms with Gasteiger partial charge in [-0.05, 0) is 87.1 Å². The van der Waals surface area contributed by atoms with Crippen LogP contribution in [0.4, 0.5) is 15.3 Å². The molecule has 318 valence electrons. The van der Waals surface area contributed by atoms with Crippen molar-refractivity contribution >= 4 is 35.6 Å². The summed E-state index contributed by atoms with van der Waals surface area (Å²) in [5.41, 5.74) is 4.13. The number of carbonyl (C=O) groups is 5. The van der Waals surface area contributed by atoms with Gasteiger partial charge < -0.3 is 49.1 Å². The summed E-state index contributed by atoms with van der Waals surface area (Å²) in [7, 11) is 3.20. The first-order chi connectivity index (χ1) is 27.4. The van der Waals surface area contributed by atoms with Crippen LogP contribution < -0.4 is 5.32 Å². The topological polar surface area (TPSA) is 162 Å². The number of para-hydroxylation sites is 1. The van der Waals surface area contributed by atoms with E-state index in [0.29, 0.717) is 62.7 Å². The first-order valence-electron chi connectivity index (χ1n) is 20.3. The highest BCUT2D eigenvalue weighted by Crippen LogP contribution is 2.28. The molecule has 0 saturated carbocycles. The maximum atomic E-state index is 14.2. The lowest BCUT2D eigenvalue weighted by Gasteiger charge is -2.42. The second kappa shape index (κ2) is 20.2. The molecular weight excluding hydrogens is 745 g/mol. The van der Waals surface area contributed by atoms with Crippen molar-refractivity contribution in [3.8, 4) is 5.75 Å². The number of hydrogen-bond donors (Lipinski definition) is 2. The van der Waals surface area contributed by atoms with Crippen LogP contribution in [0.2, 0.25) is 0 Å². The summed E-state index contributed by atoms with van der Waals surface area (Å²) in [6, 6.07) is 11.7. The average Bonchev–Trinajstić information content (AvgIpc) is 3.38. The van der Waals surface area contributed by atoms with Crippen molar-refractivity contribution in [2.24, 2.45) is 0 Å². The van der Waals surface area contributed by atoms with Gasteiger partial charge >= 0.3 is 18.1 Å². The Morgan fingerprint density at radius 2 is 1.47 bits per heavy atom. The minimum Gasteiger partial charge on any atom is -0.507 e. The molecule has 0 aliphatic carbocycles. The first-order valence-corrected chi connectivity index (χ1v) is 20.3. The van der Waals surface area contributed by atoms with Gasteiger partial charge in [0.05, 0.1) is 6.10 Å². The molecule has 1 atom stereocenters. The van der Waals surface area contributed by atoms with Crippen LogP contribution in [0, 0.1) is 13.8 Å². The number of phenolic OH excluding ortho intramolecular Hbond substituents is 1. The number of likely N-dealkylation sites (N-methyl/N-ethyl adjacent to an activating group) is 1. The van der Waals surface area contributed by atoms with Gasteiger partial charge in [-0.1, -0.05) is 37.8 Å². The van der Waals surface area contributed by atoms with Crippen LogP contribution in [0.15, 0.2) is 36.4 Å². The van der Waals surface area contributed by atoms with Gasteiger partial charge in [0.25, 0.3) is 11.8 Å². The van der Waals surface area contributed by atoms with E-state index in [9.17, 15) is 29.1 Å². The third kappa shape index (κ3) is 11.2. The number of carbonyl (C=O) groups excluding carboxylic acids is 5. The zero-order valence-corrected chi connectivity index (χ0v) is 33.7. The van der Waals surface area contributed by atoms with Gasteiger partial charge in [0.15, 0.2) is 12.7 Å². The standard InChI is InChI=1S/C42H58N6O9.CH4/c1-28-23-30(24-29(2)39(28)51)25-36(57-42(54)47-18-12-33(13-19-47)48-22-9-31-7-5-6-8-35(31)43-41(48)53)40(52)46-16-10-32(11-17-46)45-20-14-34(15-21-45)55-27-38(50)56-26-37(49)44(3)4;/h5-8,23-24,32-34,36,51H,9-22,25-27H2,1-4H3,(H,43,53);1H4/t36-;/m1./s1. The second-order valence-electron chi connectivity index (χ2n) is 16.0. The van der Waals surface area contributed by atoms with Gasteiger partial charge in [-0.2, -0.15) is 0 Å². The molecule has 6 rings (SSSR count). The lowest BCUT2D eigenvalue weighted by molar-refractivity contribution is -0.157. The molecule has 0 aromatic heterocycles. The molecule has 15 heteroatoms. The molecule has 58 heavy (non-hydrogen) atoms. The van der Waals surface area contributed by atoms with Gasteiger partial charge in [0, 0.05) is 84.1 Å². The molecule has 2 aromatic rings. The van der Waals surface area contributed by atoms with E-state index in [1.54, 1.807) is 23.9 Å². The summed E-state index contributed by atoms with van der Waals surface area (Å²) in [5, 5.41) is 13.4. The smallest absolute Gasteiger partial charge is 0.410 e. The number of urea groups is 1. The highest BCUT2D eigenvalue weighted by Gasteiger charge is 2.37. The van der Waals surface area contributed by atoms with Crippen molar-refractivity contribution in [3.63, 3.8) is 0 Å². The van der Waals surface area contributed by atoms with Crippen molar-refractivity contribution in [1.82, 2.24) is 24.5 Å². The SMILES string of the molecule is C.Cc1cc(C[C@@H](OC(=O)N2CCC(N3CCc4ccccc4NC3=O)CC2)C(=O)N2CCC(N3CCC(OCC(=O)OCC(=O)N(C)C)CC3)CC2)cc(C)c1O. The fourth-order valence-corrected chi connectivity index (χ4v) is 8.41. The largest absolute Gasteiger partial charge is 0.507 e. The van der Waals surface area contributed by atoms with Gasteiger partial charge in [0.1, 0.15) is 12.4 Å². The van der Waals surface area contributed by atoms with Gasteiger partial charge in [-0.25, -0.2) is 14.4 Å². The summed E-state index contributed by atoms with van der Waals surface area (Å²) in [5.74, 6) is -0.868. The molecule has 4 aliphatic rings. The Kier molecular flexibility index (Phi) is 15.4. The molecule has 2 aromatic carbocycles. The summed E-state index contributed by atoms with van der Waals surface area (Å²) in [4.78, 5) is 73.9. The molecule has 5 amide bonds. The summed E-state index contributed by atoms with van der Waals surface area (Å²) < 4.78 is 16.9. The lowest BCUT2D eigenvalue weighted by atomic mass is 9.97. The number of phenols is 1. The fraction of sp³-hybridized carbons (Fsp3) is 0.605. The second-order valence-corrected chi connectivity index (χ2v) is 16.0. The number of aryl methyl sites for hydroxylation is 2. The Balaban J connectivity index is 0.00000641. The van der Waals surface area contributed by atoms with E-state index in [4.69, 9.17) is 14.2 Å². The predicted molar refractivity (Wildman–Crippen MR) is 219 cm³/mol. The van der Waals surface area contributed by atoms with Crippen LogP contribution >= 0.6 is 0 Å². The zero-order chi connectivity index (χ0) is 40.6. The number of ether oxygens (including phenoxy) is 3. The molecule has 15 nitrogen and oxygen atoms in total. The molecular formula is C43H62N6O9. The number of esters is 1. The number of anilines is 1. The van der Waals surface area contributed by atoms with E-state index in [0.717, 1.165) is 62.0 Å². The van der Waals surface area contributed by atoms with E-state index in [1.165, 1.54) is 4.90 Å². The number of nitrogens with zero attached hydrogens (tertiary/aromatic N) is 5. The van der Waals surface area contributed by atoms with Gasteiger partial charge in [-0.15, -0.1) is 0 Å². The number of likely N-dealkylation sites (tertiary alicyclic amines) is 3. The van der Waals surface area contributed by atoms with Crippen LogP contribution in [0.3, 0.4) is 0 Å². The number of piperidine rings is 3. The third-order valence-corrected chi connectivity index (χ3v) is 11.9. The van der Waals surface area contributed by atoms with Gasteiger partial charge in [-0.3, -0.25) is 9.59 Å². The van der Waals surface area contributed by atoms with E-state index in [-0.39, 0.29) is 62.8 Å². The minimum absolute atomic E-state index is 0. The van der Waals surface area contributed by atoms with Crippen LogP contribution in [0.5, 0.6) is 5.75 Å². The monoisotopic (exact) mass is 806 g/mol. The number of hydrogen-bond acceptors (Lipinski definition) is 10. The van der Waals surface area contributed by atoms with Crippen molar-refractivity contribution in [2.45, 2.75) is 96.9 Å². The zero-order valence-electron chi connectivity index (χ0n) is 33.7. The lowest BCUT2D eigenvalue weighted by Crippen LogP contribution is -2.53. The Hall–Kier alpha value is -4.89. The molecule has 2 N–H and O–H groups in total. The van der Waals surface area contributed by atoms with Crippen LogP contribution in [-0.2, 0) is 41.4 Å². The summed E-state index contributed by atoms with van der Waals surface area (Å²) >= 11 is 0. The van der Waals surface area contributed by atoms with E-state index in [1.807, 2.05) is 55.1 Å². The Labute approximate surface area is 342 Å². The Morgan fingerprint density at radius 3 is 2.12 bits per heavy atom. The fourth-order valence-electron chi connectivity index (χ4n) is 8.41. The van der Waals surface area contributed by atoms with Crippen molar-refractivity contribution in [2.75, 3.05) is 78.4 Å². The first kappa shape index (κ1) is 44.2. The molecule has 3 fully saturated rings. The number of aromatic hydroxyl groups is 1. The minimum atomic E-state index is -1.04. The number of fused-ring (bicyclic) bond motifs is 1. The van der Waals surface area contributed by atoms with E-state index < -0.39 is 18.2 Å². The van der Waals surface area contributed by atoms with Crippen LogP contribution in [-0.4, -0.2) is 157 Å². The van der Waals surface area contributed by atoms with Crippen LogP contribution in [0.1, 0.15) is 68.2 Å². The Bertz CT molecular complexity index is 1740. The molecule has 3 saturated heterocycles. The molecule has 4 heterocycles. The average molecular weight is 807 g/mol. The molecule has 0 radical (unpaired) electrons. The maximum absolute atomic E-state index is 14.2. The van der Waals surface area contributed by atoms with Gasteiger partial charge in [0.2, 0.25) is 0 Å². The number of rotatable bonds is 11. The molecule has 0 bridgehead atoms.